The molecule has 0 aliphatic heterocycles. The monoisotopic (exact) mass is 318 g/mol. The van der Waals surface area contributed by atoms with Crippen LogP contribution in [-0.2, 0) is 0 Å². The van der Waals surface area contributed by atoms with Crippen molar-refractivity contribution in [2.75, 3.05) is 13.1 Å². The molecule has 5 fully saturated rings. The summed E-state index contributed by atoms with van der Waals surface area (Å²) in [5.41, 5.74) is 0.455. The van der Waals surface area contributed by atoms with Gasteiger partial charge in [0.05, 0.1) is 0 Å². The standard InChI is InChI=1S/C20H34N2O/c1-2-22(18-6-4-3-5-7-18)19(23)21-14-20-11-15-8-16(12-20)10-17(9-15)13-20/h15-18H,2-14H2,1H3,(H,21,23). The van der Waals surface area contributed by atoms with Crippen molar-refractivity contribution in [1.29, 1.82) is 0 Å². The number of carbonyl (C=O) groups is 1. The van der Waals surface area contributed by atoms with Gasteiger partial charge in [-0.2, -0.15) is 0 Å². The van der Waals surface area contributed by atoms with Crippen LogP contribution >= 0.6 is 0 Å². The van der Waals surface area contributed by atoms with Crippen molar-refractivity contribution < 1.29 is 4.79 Å². The summed E-state index contributed by atoms with van der Waals surface area (Å²) in [7, 11) is 0. The first-order valence-electron chi connectivity index (χ1n) is 10.2. The van der Waals surface area contributed by atoms with Crippen molar-refractivity contribution in [3.8, 4) is 0 Å². The van der Waals surface area contributed by atoms with E-state index < -0.39 is 0 Å². The highest BCUT2D eigenvalue weighted by Crippen LogP contribution is 2.59. The molecule has 0 aromatic carbocycles. The Hall–Kier alpha value is -0.730. The highest BCUT2D eigenvalue weighted by atomic mass is 16.2. The van der Waals surface area contributed by atoms with Crippen molar-refractivity contribution >= 4 is 6.03 Å². The molecule has 23 heavy (non-hydrogen) atoms. The van der Waals surface area contributed by atoms with Crippen molar-refractivity contribution in [1.82, 2.24) is 10.2 Å². The van der Waals surface area contributed by atoms with Crippen LogP contribution in [0, 0.1) is 23.2 Å². The fourth-order valence-corrected chi connectivity index (χ4v) is 6.83. The predicted octanol–water partition coefficient (Wildman–Crippen LogP) is 4.57. The molecular weight excluding hydrogens is 284 g/mol. The van der Waals surface area contributed by atoms with Crippen LogP contribution < -0.4 is 5.32 Å². The van der Waals surface area contributed by atoms with Crippen LogP contribution in [0.25, 0.3) is 0 Å². The van der Waals surface area contributed by atoms with E-state index in [0.717, 1.165) is 30.8 Å². The van der Waals surface area contributed by atoms with Gasteiger partial charge >= 0.3 is 6.03 Å². The van der Waals surface area contributed by atoms with Gasteiger partial charge < -0.3 is 10.2 Å². The van der Waals surface area contributed by atoms with Gasteiger partial charge in [0.15, 0.2) is 0 Å². The number of amides is 2. The van der Waals surface area contributed by atoms with Gasteiger partial charge in [0.1, 0.15) is 0 Å². The zero-order chi connectivity index (χ0) is 15.9. The Labute approximate surface area is 141 Å². The molecule has 0 unspecified atom stereocenters. The SMILES string of the molecule is CCN(C(=O)NCC12CC3CC(CC(C3)C1)C2)C1CCCCC1. The van der Waals surface area contributed by atoms with Gasteiger partial charge in [-0.3, -0.25) is 0 Å². The third kappa shape index (κ3) is 3.13. The smallest absolute Gasteiger partial charge is 0.317 e. The lowest BCUT2D eigenvalue weighted by molar-refractivity contribution is -0.0504. The quantitative estimate of drug-likeness (QED) is 0.809. The van der Waals surface area contributed by atoms with Gasteiger partial charge in [-0.15, -0.1) is 0 Å². The molecule has 0 spiro atoms. The summed E-state index contributed by atoms with van der Waals surface area (Å²) in [5.74, 6) is 2.91. The minimum absolute atomic E-state index is 0.218. The van der Waals surface area contributed by atoms with Crippen LogP contribution in [0.1, 0.15) is 77.6 Å². The van der Waals surface area contributed by atoms with Crippen molar-refractivity contribution in [3.05, 3.63) is 0 Å². The number of hydrogen-bond acceptors (Lipinski definition) is 1. The minimum Gasteiger partial charge on any atom is -0.337 e. The first kappa shape index (κ1) is 15.8. The summed E-state index contributed by atoms with van der Waals surface area (Å²) in [6.07, 6.45) is 15.0. The average molecular weight is 319 g/mol. The molecule has 3 heteroatoms. The molecule has 4 bridgehead atoms. The third-order valence-electron chi connectivity index (χ3n) is 7.40. The molecule has 0 aromatic heterocycles. The molecule has 1 N–H and O–H groups in total. The van der Waals surface area contributed by atoms with Crippen LogP contribution in [0.15, 0.2) is 0 Å². The number of carbonyl (C=O) groups excluding carboxylic acids is 1. The summed E-state index contributed by atoms with van der Waals surface area (Å²) in [6.45, 7) is 3.94. The van der Waals surface area contributed by atoms with E-state index in [1.165, 1.54) is 70.6 Å². The molecule has 2 amide bonds. The lowest BCUT2D eigenvalue weighted by Crippen LogP contribution is -2.54. The highest BCUT2D eigenvalue weighted by Gasteiger charge is 2.50. The van der Waals surface area contributed by atoms with E-state index in [9.17, 15) is 4.79 Å². The minimum atomic E-state index is 0.218. The first-order chi connectivity index (χ1) is 11.2. The van der Waals surface area contributed by atoms with Gasteiger partial charge in [-0.05, 0) is 81.5 Å². The summed E-state index contributed by atoms with van der Waals surface area (Å²) in [4.78, 5) is 14.9. The van der Waals surface area contributed by atoms with Crippen LogP contribution in [0.4, 0.5) is 4.79 Å². The lowest BCUT2D eigenvalue weighted by Gasteiger charge is -2.57. The lowest BCUT2D eigenvalue weighted by atomic mass is 9.49. The molecule has 0 aromatic rings. The molecular formula is C20H34N2O. The second-order valence-corrected chi connectivity index (χ2v) is 9.15. The average Bonchev–Trinajstić information content (AvgIpc) is 2.53. The first-order valence-corrected chi connectivity index (χ1v) is 10.2. The van der Waals surface area contributed by atoms with Gasteiger partial charge in [0.25, 0.3) is 0 Å². The van der Waals surface area contributed by atoms with Crippen molar-refractivity contribution in [2.24, 2.45) is 23.2 Å². The molecule has 3 nitrogen and oxygen atoms in total. The van der Waals surface area contributed by atoms with Crippen molar-refractivity contribution in [2.45, 2.75) is 83.6 Å². The fraction of sp³-hybridized carbons (Fsp3) is 0.950. The van der Waals surface area contributed by atoms with E-state index in [1.54, 1.807) is 0 Å². The molecule has 0 saturated heterocycles. The van der Waals surface area contributed by atoms with Gasteiger partial charge in [0, 0.05) is 19.1 Å². The Bertz CT molecular complexity index is 406. The van der Waals surface area contributed by atoms with E-state index in [0.29, 0.717) is 11.5 Å². The third-order valence-corrected chi connectivity index (χ3v) is 7.40. The second-order valence-electron chi connectivity index (χ2n) is 9.15. The molecule has 0 atom stereocenters. The predicted molar refractivity (Wildman–Crippen MR) is 93.3 cm³/mol. The summed E-state index contributed by atoms with van der Waals surface area (Å²) >= 11 is 0. The number of hydrogen-bond donors (Lipinski definition) is 1. The molecule has 5 saturated carbocycles. The maximum absolute atomic E-state index is 12.8. The van der Waals surface area contributed by atoms with E-state index in [1.807, 2.05) is 0 Å². The number of rotatable bonds is 4. The van der Waals surface area contributed by atoms with Crippen LogP contribution in [-0.4, -0.2) is 30.1 Å². The molecule has 0 heterocycles. The summed E-state index contributed by atoms with van der Waals surface area (Å²) < 4.78 is 0. The van der Waals surface area contributed by atoms with Crippen LogP contribution in [0.3, 0.4) is 0 Å². The molecule has 130 valence electrons. The van der Waals surface area contributed by atoms with Crippen LogP contribution in [0.5, 0.6) is 0 Å². The Morgan fingerprint density at radius 2 is 1.57 bits per heavy atom. The van der Waals surface area contributed by atoms with E-state index >= 15 is 0 Å². The normalized spacial score (nSPS) is 39.4. The Balaban J connectivity index is 1.35. The zero-order valence-electron chi connectivity index (χ0n) is 14.9. The van der Waals surface area contributed by atoms with Crippen LogP contribution in [0.2, 0.25) is 0 Å². The summed E-state index contributed by atoms with van der Waals surface area (Å²) in [5, 5.41) is 3.37. The van der Waals surface area contributed by atoms with Gasteiger partial charge in [0.2, 0.25) is 0 Å². The van der Waals surface area contributed by atoms with Gasteiger partial charge in [-0.1, -0.05) is 19.3 Å². The Morgan fingerprint density at radius 1 is 1.00 bits per heavy atom. The fourth-order valence-electron chi connectivity index (χ4n) is 6.83. The number of urea groups is 1. The van der Waals surface area contributed by atoms with E-state index in [-0.39, 0.29) is 6.03 Å². The Kier molecular flexibility index (Phi) is 4.32. The van der Waals surface area contributed by atoms with E-state index in [2.05, 4.69) is 17.1 Å². The molecule has 5 rings (SSSR count). The largest absolute Gasteiger partial charge is 0.337 e. The molecule has 5 aliphatic rings. The van der Waals surface area contributed by atoms with Gasteiger partial charge in [-0.25, -0.2) is 4.79 Å². The summed E-state index contributed by atoms with van der Waals surface area (Å²) in [6, 6.07) is 0.709. The maximum Gasteiger partial charge on any atom is 0.317 e. The Morgan fingerprint density at radius 3 is 2.09 bits per heavy atom. The highest BCUT2D eigenvalue weighted by molar-refractivity contribution is 5.74. The zero-order valence-corrected chi connectivity index (χ0v) is 14.9. The second kappa shape index (κ2) is 6.29. The molecule has 5 aliphatic carbocycles. The number of nitrogens with one attached hydrogen (secondary N) is 1. The van der Waals surface area contributed by atoms with Crippen molar-refractivity contribution in [3.63, 3.8) is 0 Å². The maximum atomic E-state index is 12.8. The molecule has 0 radical (unpaired) electrons. The topological polar surface area (TPSA) is 32.3 Å². The van der Waals surface area contributed by atoms with E-state index in [4.69, 9.17) is 0 Å². The number of nitrogens with zero attached hydrogens (tertiary/aromatic N) is 1.